The normalized spacial score (nSPS) is 14.3. The molecule has 14 heteroatoms. The zero-order valence-electron chi connectivity index (χ0n) is 20.0. The molecule has 0 atom stereocenters. The highest BCUT2D eigenvalue weighted by atomic mass is 35.5. The van der Waals surface area contributed by atoms with Crippen LogP contribution in [0, 0.1) is 0 Å². The predicted octanol–water partition coefficient (Wildman–Crippen LogP) is 3.91. The Balaban J connectivity index is 1.68. The molecule has 0 bridgehead atoms. The van der Waals surface area contributed by atoms with Crippen LogP contribution in [0.5, 0.6) is 5.75 Å². The van der Waals surface area contributed by atoms with Crippen molar-refractivity contribution < 1.29 is 21.6 Å². The van der Waals surface area contributed by atoms with Crippen LogP contribution in [0.4, 0.5) is 27.0 Å². The van der Waals surface area contributed by atoms with Crippen LogP contribution < -0.4 is 20.7 Å². The van der Waals surface area contributed by atoms with E-state index < -0.39 is 22.4 Å². The van der Waals surface area contributed by atoms with Crippen LogP contribution in [0.25, 0.3) is 0 Å². The third kappa shape index (κ3) is 5.78. The van der Waals surface area contributed by atoms with Gasteiger partial charge in [-0.3, -0.25) is 0 Å². The lowest BCUT2D eigenvalue weighted by Gasteiger charge is -2.26. The van der Waals surface area contributed by atoms with Gasteiger partial charge in [-0.15, -0.1) is 0 Å². The highest BCUT2D eigenvalue weighted by Gasteiger charge is 2.24. The fourth-order valence-electron chi connectivity index (χ4n) is 3.86. The van der Waals surface area contributed by atoms with Crippen molar-refractivity contribution in [3.63, 3.8) is 0 Å². The first-order valence-corrected chi connectivity index (χ1v) is 15.2. The number of anilines is 4. The Morgan fingerprint density at radius 3 is 2.53 bits per heavy atom. The Labute approximate surface area is 213 Å². The van der Waals surface area contributed by atoms with Crippen LogP contribution in [-0.2, 0) is 27.8 Å². The molecule has 0 amide bonds. The summed E-state index contributed by atoms with van der Waals surface area (Å²) in [7, 11) is -4.49. The molecule has 2 aromatic heterocycles. The van der Waals surface area contributed by atoms with Gasteiger partial charge < -0.3 is 24.8 Å². The molecule has 0 saturated carbocycles. The van der Waals surface area contributed by atoms with E-state index in [1.165, 1.54) is 30.7 Å². The summed E-state index contributed by atoms with van der Waals surface area (Å²) in [5, 5.41) is 5.48. The van der Waals surface area contributed by atoms with E-state index in [0.717, 1.165) is 31.8 Å². The van der Waals surface area contributed by atoms with Gasteiger partial charge >= 0.3 is 10.2 Å². The second-order valence-corrected chi connectivity index (χ2v) is 13.7. The van der Waals surface area contributed by atoms with E-state index in [-0.39, 0.29) is 27.8 Å². The Bertz CT molecular complexity index is 1480. The minimum atomic E-state index is -5.08. The molecule has 3 aromatic rings. The number of fused-ring (bicyclic) bond motifs is 1. The monoisotopic (exact) mass is 554 g/mol. The quantitative estimate of drug-likeness (QED) is 0.328. The van der Waals surface area contributed by atoms with Gasteiger partial charge in [0.15, 0.2) is 10.8 Å². The summed E-state index contributed by atoms with van der Waals surface area (Å²) in [6.45, 7) is 4.62. The number of halogens is 2. The molecule has 0 unspecified atom stereocenters. The number of methoxy groups -OCH3 is 1. The van der Waals surface area contributed by atoms with Gasteiger partial charge in [0.25, 0.3) is 0 Å². The second-order valence-electron chi connectivity index (χ2n) is 8.78. The van der Waals surface area contributed by atoms with Gasteiger partial charge in [-0.25, -0.2) is 9.97 Å². The third-order valence-electron chi connectivity index (χ3n) is 5.66. The van der Waals surface area contributed by atoms with Gasteiger partial charge in [0, 0.05) is 18.4 Å². The lowest BCUT2D eigenvalue weighted by molar-refractivity contribution is 0.312. The number of aromatic nitrogens is 3. The van der Waals surface area contributed by atoms with E-state index in [4.69, 9.17) is 16.3 Å². The number of ether oxygens (including phenoxy) is 1. The molecule has 3 heterocycles. The van der Waals surface area contributed by atoms with Gasteiger partial charge in [0.05, 0.1) is 30.9 Å². The summed E-state index contributed by atoms with van der Waals surface area (Å²) in [5.74, 6) is 0.995. The molecule has 0 aliphatic carbocycles. The van der Waals surface area contributed by atoms with Crippen molar-refractivity contribution in [3.8, 4) is 5.75 Å². The minimum Gasteiger partial charge on any atom is -0.495 e. The summed E-state index contributed by atoms with van der Waals surface area (Å²) < 4.78 is 54.5. The van der Waals surface area contributed by atoms with E-state index in [1.807, 2.05) is 12.1 Å². The molecular weight excluding hydrogens is 530 g/mol. The highest BCUT2D eigenvalue weighted by Crippen LogP contribution is 2.39. The van der Waals surface area contributed by atoms with E-state index in [0.29, 0.717) is 11.4 Å². The summed E-state index contributed by atoms with van der Waals surface area (Å²) in [5.41, 5.74) is 3.24. The molecule has 1 aliphatic rings. The van der Waals surface area contributed by atoms with Crippen LogP contribution >= 0.6 is 18.7 Å². The van der Waals surface area contributed by atoms with Gasteiger partial charge in [-0.05, 0) is 56.1 Å². The first-order valence-electron chi connectivity index (χ1n) is 10.8. The summed E-state index contributed by atoms with van der Waals surface area (Å²) in [6.07, 6.45) is 3.38. The third-order valence-corrected chi connectivity index (χ3v) is 8.19. The fourth-order valence-corrected chi connectivity index (χ4v) is 5.65. The Morgan fingerprint density at radius 2 is 1.86 bits per heavy atom. The molecular formula is C22H25ClFN6O4PS. The maximum Gasteiger partial charge on any atom is 0.349 e. The van der Waals surface area contributed by atoms with Gasteiger partial charge in [-0.1, -0.05) is 15.5 Å². The van der Waals surface area contributed by atoms with E-state index >= 15 is 0 Å². The maximum atomic E-state index is 13.5. The average molecular weight is 555 g/mol. The molecule has 1 aliphatic heterocycles. The molecule has 192 valence electrons. The highest BCUT2D eigenvalue weighted by molar-refractivity contribution is 7.86. The molecule has 1 aromatic carbocycles. The lowest BCUT2D eigenvalue weighted by atomic mass is 9.99. The van der Waals surface area contributed by atoms with Crippen LogP contribution in [0.15, 0.2) is 35.6 Å². The van der Waals surface area contributed by atoms with Crippen molar-refractivity contribution in [1.29, 1.82) is 0 Å². The Hall–Kier alpha value is -2.79. The predicted molar refractivity (Wildman–Crippen MR) is 138 cm³/mol. The molecule has 36 heavy (non-hydrogen) atoms. The maximum absolute atomic E-state index is 13.5. The topological polar surface area (TPSA) is 126 Å². The number of likely N-dealkylation sites (N-methyl/N-ethyl adjacent to an activating group) is 1. The van der Waals surface area contributed by atoms with Gasteiger partial charge in [0.2, 0.25) is 5.95 Å². The first-order chi connectivity index (χ1) is 16.8. The van der Waals surface area contributed by atoms with Crippen molar-refractivity contribution in [3.05, 3.63) is 46.7 Å². The Morgan fingerprint density at radius 1 is 1.11 bits per heavy atom. The smallest absolute Gasteiger partial charge is 0.349 e. The molecule has 0 spiro atoms. The van der Waals surface area contributed by atoms with Crippen molar-refractivity contribution >= 4 is 57.4 Å². The zero-order chi connectivity index (χ0) is 26.3. The largest absolute Gasteiger partial charge is 0.495 e. The van der Waals surface area contributed by atoms with Crippen molar-refractivity contribution in [1.82, 2.24) is 19.9 Å². The number of hydrogen-bond donors (Lipinski definition) is 2. The number of pyridine rings is 1. The average Bonchev–Trinajstić information content (AvgIpc) is 2.79. The molecule has 0 radical (unpaired) electrons. The molecule has 2 N–H and O–H groups in total. The number of rotatable bonds is 7. The number of nitrogens with one attached hydrogen (secondary N) is 2. The van der Waals surface area contributed by atoms with E-state index in [1.54, 1.807) is 7.11 Å². The van der Waals surface area contributed by atoms with Crippen molar-refractivity contribution in [2.45, 2.75) is 18.0 Å². The first kappa shape index (κ1) is 26.3. The Kier molecular flexibility index (Phi) is 7.25. The summed E-state index contributed by atoms with van der Waals surface area (Å²) in [6, 6.07) is 4.94. The second kappa shape index (κ2) is 9.93. The van der Waals surface area contributed by atoms with Crippen LogP contribution in [0.2, 0.25) is 5.02 Å². The summed E-state index contributed by atoms with van der Waals surface area (Å²) in [4.78, 5) is 14.5. The van der Waals surface area contributed by atoms with Crippen molar-refractivity contribution in [2.75, 3.05) is 44.7 Å². The summed E-state index contributed by atoms with van der Waals surface area (Å²) >= 11 is 6.30. The molecule has 10 nitrogen and oxygen atoms in total. The number of nitrogens with zero attached hydrogens (tertiary/aromatic N) is 4. The standard InChI is InChI=1S/C22H25ClFN6O4PS/c1-30-6-5-13-8-18(34-2)16(7-14(13)12-30)28-22-26-10-15(23)21(29-22)27-17-11-25-20(36(24,32)33)9-19(17)35(3,4)31/h7-11H,5-6,12H2,1-4H3,(H2,26,27,28,29). The van der Waals surface area contributed by atoms with Gasteiger partial charge in [0.1, 0.15) is 17.9 Å². The van der Waals surface area contributed by atoms with E-state index in [2.05, 4.69) is 37.5 Å². The molecule has 4 rings (SSSR count). The van der Waals surface area contributed by atoms with Crippen LogP contribution in [-0.4, -0.2) is 62.3 Å². The minimum absolute atomic E-state index is 0.0818. The van der Waals surface area contributed by atoms with Crippen molar-refractivity contribution in [2.24, 2.45) is 0 Å². The fraction of sp³-hybridized carbons (Fsp3) is 0.318. The number of benzene rings is 1. The van der Waals surface area contributed by atoms with Gasteiger partial charge in [-0.2, -0.15) is 13.4 Å². The van der Waals surface area contributed by atoms with Crippen LogP contribution in [0.1, 0.15) is 11.1 Å². The lowest BCUT2D eigenvalue weighted by Crippen LogP contribution is -2.26. The molecule has 0 saturated heterocycles. The van der Waals surface area contributed by atoms with Crippen LogP contribution in [0.3, 0.4) is 0 Å². The van der Waals surface area contributed by atoms with E-state index in [9.17, 15) is 16.9 Å². The zero-order valence-corrected chi connectivity index (χ0v) is 22.5. The SMILES string of the molecule is COc1cc2c(cc1Nc1ncc(Cl)c(Nc3cnc(S(=O)(=O)F)cc3P(C)(C)=O)n1)CN(C)CC2. The number of hydrogen-bond acceptors (Lipinski definition) is 10. The molecule has 0 fully saturated rings.